The van der Waals surface area contributed by atoms with Crippen LogP contribution in [0.25, 0.3) is 5.52 Å². The van der Waals surface area contributed by atoms with Crippen LogP contribution in [-0.2, 0) is 6.42 Å². The van der Waals surface area contributed by atoms with Crippen LogP contribution in [0.1, 0.15) is 26.6 Å². The third-order valence-electron chi connectivity index (χ3n) is 2.50. The molecule has 0 saturated heterocycles. The summed E-state index contributed by atoms with van der Waals surface area (Å²) in [5.41, 5.74) is 1.33. The SMILES string of the molecule is COc1ccn2c(CC(C)(C)C)ncc2c1. The minimum absolute atomic E-state index is 0.251. The molecule has 3 nitrogen and oxygen atoms in total. The average molecular weight is 218 g/mol. The van der Waals surface area contributed by atoms with Crippen molar-refractivity contribution in [3.05, 3.63) is 30.4 Å². The Bertz CT molecular complexity index is 494. The molecule has 0 aliphatic heterocycles. The van der Waals surface area contributed by atoms with Crippen LogP contribution in [0.2, 0.25) is 0 Å². The van der Waals surface area contributed by atoms with Crippen molar-refractivity contribution in [1.82, 2.24) is 9.38 Å². The van der Waals surface area contributed by atoms with Gasteiger partial charge in [-0.05, 0) is 11.5 Å². The van der Waals surface area contributed by atoms with Crippen LogP contribution < -0.4 is 4.74 Å². The van der Waals surface area contributed by atoms with E-state index in [1.807, 2.05) is 24.5 Å². The fourth-order valence-electron chi connectivity index (χ4n) is 1.77. The number of nitrogens with zero attached hydrogens (tertiary/aromatic N) is 2. The number of ether oxygens (including phenoxy) is 1. The fraction of sp³-hybridized carbons (Fsp3) is 0.462. The van der Waals surface area contributed by atoms with E-state index in [-0.39, 0.29) is 5.41 Å². The number of pyridine rings is 1. The van der Waals surface area contributed by atoms with Crippen LogP contribution in [-0.4, -0.2) is 16.5 Å². The number of hydrogen-bond donors (Lipinski definition) is 0. The summed E-state index contributed by atoms with van der Waals surface area (Å²) in [7, 11) is 1.68. The van der Waals surface area contributed by atoms with E-state index in [1.54, 1.807) is 7.11 Å². The van der Waals surface area contributed by atoms with Gasteiger partial charge in [0.1, 0.15) is 11.6 Å². The lowest BCUT2D eigenvalue weighted by Gasteiger charge is -2.16. The Balaban J connectivity index is 2.42. The van der Waals surface area contributed by atoms with Crippen LogP contribution in [0.3, 0.4) is 0 Å². The molecule has 16 heavy (non-hydrogen) atoms. The van der Waals surface area contributed by atoms with E-state index in [4.69, 9.17) is 4.74 Å². The highest BCUT2D eigenvalue weighted by Gasteiger charge is 2.15. The maximum Gasteiger partial charge on any atom is 0.122 e. The second kappa shape index (κ2) is 3.81. The molecule has 86 valence electrons. The first-order chi connectivity index (χ1) is 7.49. The van der Waals surface area contributed by atoms with Crippen LogP contribution in [0.4, 0.5) is 0 Å². The lowest BCUT2D eigenvalue weighted by atomic mass is 9.92. The average Bonchev–Trinajstić information content (AvgIpc) is 2.58. The van der Waals surface area contributed by atoms with Gasteiger partial charge in [0, 0.05) is 18.7 Å². The van der Waals surface area contributed by atoms with Crippen LogP contribution >= 0.6 is 0 Å². The predicted octanol–water partition coefficient (Wildman–Crippen LogP) is 2.93. The Morgan fingerprint density at radius 1 is 1.38 bits per heavy atom. The number of methoxy groups -OCH3 is 1. The molecule has 0 bridgehead atoms. The van der Waals surface area contributed by atoms with Crippen LogP contribution in [0, 0.1) is 5.41 Å². The topological polar surface area (TPSA) is 26.5 Å². The van der Waals surface area contributed by atoms with E-state index in [2.05, 4.69) is 30.2 Å². The van der Waals surface area contributed by atoms with Crippen molar-refractivity contribution in [3.8, 4) is 5.75 Å². The Morgan fingerprint density at radius 2 is 2.12 bits per heavy atom. The minimum Gasteiger partial charge on any atom is -0.497 e. The molecule has 0 fully saturated rings. The normalized spacial score (nSPS) is 12.0. The number of hydrogen-bond acceptors (Lipinski definition) is 2. The highest BCUT2D eigenvalue weighted by Crippen LogP contribution is 2.22. The van der Waals surface area contributed by atoms with Crippen LogP contribution in [0.15, 0.2) is 24.5 Å². The molecule has 0 aliphatic carbocycles. The number of imidazole rings is 1. The number of aromatic nitrogens is 2. The van der Waals surface area contributed by atoms with Crippen molar-refractivity contribution in [2.45, 2.75) is 27.2 Å². The molecular formula is C13H18N2O. The van der Waals surface area contributed by atoms with E-state index in [9.17, 15) is 0 Å². The van der Waals surface area contributed by atoms with Gasteiger partial charge < -0.3 is 9.14 Å². The molecule has 0 spiro atoms. The minimum atomic E-state index is 0.251. The Labute approximate surface area is 96.1 Å². The standard InChI is InChI=1S/C13H18N2O/c1-13(2,3)8-12-14-9-10-7-11(16-4)5-6-15(10)12/h5-7,9H,8H2,1-4H3. The third-order valence-corrected chi connectivity index (χ3v) is 2.50. The maximum atomic E-state index is 5.19. The van der Waals surface area contributed by atoms with Crippen LogP contribution in [0.5, 0.6) is 5.75 Å². The molecule has 0 amide bonds. The fourth-order valence-corrected chi connectivity index (χ4v) is 1.77. The van der Waals surface area contributed by atoms with Gasteiger partial charge in [-0.15, -0.1) is 0 Å². The monoisotopic (exact) mass is 218 g/mol. The van der Waals surface area contributed by atoms with Gasteiger partial charge in [0.05, 0.1) is 18.8 Å². The Kier molecular flexibility index (Phi) is 2.62. The number of rotatable bonds is 2. The molecule has 0 N–H and O–H groups in total. The molecule has 0 aromatic carbocycles. The van der Waals surface area contributed by atoms with E-state index in [0.717, 1.165) is 23.5 Å². The maximum absolute atomic E-state index is 5.19. The zero-order valence-corrected chi connectivity index (χ0v) is 10.3. The van der Waals surface area contributed by atoms with Crippen molar-refractivity contribution in [1.29, 1.82) is 0 Å². The molecule has 0 aliphatic rings. The molecular weight excluding hydrogens is 200 g/mol. The molecule has 2 aromatic heterocycles. The lowest BCUT2D eigenvalue weighted by Crippen LogP contribution is -2.11. The smallest absolute Gasteiger partial charge is 0.122 e. The lowest BCUT2D eigenvalue weighted by molar-refractivity contribution is 0.399. The van der Waals surface area contributed by atoms with Gasteiger partial charge in [0.25, 0.3) is 0 Å². The zero-order chi connectivity index (χ0) is 11.8. The summed E-state index contributed by atoms with van der Waals surface area (Å²) in [5, 5.41) is 0. The predicted molar refractivity (Wildman–Crippen MR) is 64.9 cm³/mol. The molecule has 0 atom stereocenters. The van der Waals surface area contributed by atoms with Crippen molar-refractivity contribution in [3.63, 3.8) is 0 Å². The van der Waals surface area contributed by atoms with Gasteiger partial charge in [-0.25, -0.2) is 4.98 Å². The van der Waals surface area contributed by atoms with Gasteiger partial charge >= 0.3 is 0 Å². The van der Waals surface area contributed by atoms with Gasteiger partial charge in [-0.1, -0.05) is 20.8 Å². The highest BCUT2D eigenvalue weighted by atomic mass is 16.5. The van der Waals surface area contributed by atoms with Crippen molar-refractivity contribution in [2.75, 3.05) is 7.11 Å². The van der Waals surface area contributed by atoms with E-state index < -0.39 is 0 Å². The summed E-state index contributed by atoms with van der Waals surface area (Å²) < 4.78 is 7.31. The molecule has 0 saturated carbocycles. The van der Waals surface area contributed by atoms with E-state index >= 15 is 0 Å². The van der Waals surface area contributed by atoms with Crippen molar-refractivity contribution >= 4 is 5.52 Å². The summed E-state index contributed by atoms with van der Waals surface area (Å²) in [4.78, 5) is 4.46. The summed E-state index contributed by atoms with van der Waals surface area (Å²) in [5.74, 6) is 1.97. The second-order valence-electron chi connectivity index (χ2n) is 5.27. The van der Waals surface area contributed by atoms with E-state index in [1.165, 1.54) is 0 Å². The summed E-state index contributed by atoms with van der Waals surface area (Å²) in [6.07, 6.45) is 4.87. The first kappa shape index (κ1) is 11.0. The molecule has 2 aromatic rings. The second-order valence-corrected chi connectivity index (χ2v) is 5.27. The van der Waals surface area contributed by atoms with Gasteiger partial charge in [0.2, 0.25) is 0 Å². The third kappa shape index (κ3) is 2.18. The van der Waals surface area contributed by atoms with Crippen molar-refractivity contribution < 1.29 is 4.74 Å². The summed E-state index contributed by atoms with van der Waals surface area (Å²) in [6, 6.07) is 3.96. The molecule has 2 rings (SSSR count). The molecule has 0 unspecified atom stereocenters. The molecule has 2 heterocycles. The van der Waals surface area contributed by atoms with Gasteiger partial charge in [-0.3, -0.25) is 0 Å². The molecule has 3 heteroatoms. The van der Waals surface area contributed by atoms with Crippen molar-refractivity contribution in [2.24, 2.45) is 5.41 Å². The van der Waals surface area contributed by atoms with Gasteiger partial charge in [0.15, 0.2) is 0 Å². The largest absolute Gasteiger partial charge is 0.497 e. The molecule has 0 radical (unpaired) electrons. The quantitative estimate of drug-likeness (QED) is 0.774. The number of fused-ring (bicyclic) bond motifs is 1. The first-order valence-electron chi connectivity index (χ1n) is 5.49. The first-order valence-corrected chi connectivity index (χ1v) is 5.49. The zero-order valence-electron chi connectivity index (χ0n) is 10.3. The summed E-state index contributed by atoms with van der Waals surface area (Å²) in [6.45, 7) is 6.66. The van der Waals surface area contributed by atoms with E-state index in [0.29, 0.717) is 0 Å². The Hall–Kier alpha value is -1.51. The summed E-state index contributed by atoms with van der Waals surface area (Å²) >= 11 is 0. The Morgan fingerprint density at radius 3 is 2.75 bits per heavy atom. The van der Waals surface area contributed by atoms with Gasteiger partial charge in [-0.2, -0.15) is 0 Å². The highest BCUT2D eigenvalue weighted by molar-refractivity contribution is 5.50.